The Morgan fingerprint density at radius 3 is 2.53 bits per heavy atom. The summed E-state index contributed by atoms with van der Waals surface area (Å²) in [5, 5.41) is 11.3. The SMILES string of the molecule is Cc1c(OCc2ccc([N+](=O)[O-])cc2)ccc2c1O/C(=C\c1ccccc1Cl)C2=O. The van der Waals surface area contributed by atoms with Crippen molar-refractivity contribution in [2.45, 2.75) is 13.5 Å². The number of allylic oxidation sites excluding steroid dienone is 1. The van der Waals surface area contributed by atoms with Crippen LogP contribution in [0.5, 0.6) is 11.5 Å². The largest absolute Gasteiger partial charge is 0.488 e. The van der Waals surface area contributed by atoms with Crippen LogP contribution in [0.25, 0.3) is 6.08 Å². The fourth-order valence-corrected chi connectivity index (χ4v) is 3.32. The molecule has 0 atom stereocenters. The van der Waals surface area contributed by atoms with Crippen molar-refractivity contribution in [2.75, 3.05) is 0 Å². The van der Waals surface area contributed by atoms with Crippen molar-refractivity contribution in [2.24, 2.45) is 0 Å². The number of carbonyl (C=O) groups is 1. The Balaban J connectivity index is 1.54. The summed E-state index contributed by atoms with van der Waals surface area (Å²) in [6, 6.07) is 16.7. The van der Waals surface area contributed by atoms with Gasteiger partial charge in [-0.25, -0.2) is 0 Å². The van der Waals surface area contributed by atoms with E-state index in [-0.39, 0.29) is 23.8 Å². The Morgan fingerprint density at radius 2 is 1.83 bits per heavy atom. The van der Waals surface area contributed by atoms with Gasteiger partial charge in [0.15, 0.2) is 5.76 Å². The molecule has 0 N–H and O–H groups in total. The zero-order valence-electron chi connectivity index (χ0n) is 15.9. The van der Waals surface area contributed by atoms with Crippen LogP contribution in [0.2, 0.25) is 5.02 Å². The lowest BCUT2D eigenvalue weighted by molar-refractivity contribution is -0.384. The van der Waals surface area contributed by atoms with Gasteiger partial charge in [0.25, 0.3) is 5.69 Å². The number of carbonyl (C=O) groups excluding carboxylic acids is 1. The van der Waals surface area contributed by atoms with E-state index in [2.05, 4.69) is 0 Å². The minimum absolute atomic E-state index is 0.0252. The highest BCUT2D eigenvalue weighted by Crippen LogP contribution is 2.39. The molecule has 0 aromatic heterocycles. The van der Waals surface area contributed by atoms with Gasteiger partial charge in [0, 0.05) is 22.7 Å². The molecule has 30 heavy (non-hydrogen) atoms. The second-order valence-corrected chi connectivity index (χ2v) is 7.15. The summed E-state index contributed by atoms with van der Waals surface area (Å²) in [5.41, 5.74) is 2.68. The number of fused-ring (bicyclic) bond motifs is 1. The molecule has 150 valence electrons. The molecule has 7 heteroatoms. The first-order chi connectivity index (χ1) is 14.4. The summed E-state index contributed by atoms with van der Waals surface area (Å²) in [7, 11) is 0. The van der Waals surface area contributed by atoms with E-state index in [9.17, 15) is 14.9 Å². The number of halogens is 1. The summed E-state index contributed by atoms with van der Waals surface area (Å²) < 4.78 is 11.7. The number of nitro groups is 1. The Hall–Kier alpha value is -3.64. The lowest BCUT2D eigenvalue weighted by Crippen LogP contribution is -1.99. The molecule has 0 unspecified atom stereocenters. The van der Waals surface area contributed by atoms with E-state index in [0.717, 1.165) is 5.56 Å². The zero-order chi connectivity index (χ0) is 21.3. The molecule has 1 aliphatic heterocycles. The van der Waals surface area contributed by atoms with Gasteiger partial charge in [0.2, 0.25) is 5.78 Å². The highest BCUT2D eigenvalue weighted by molar-refractivity contribution is 6.32. The molecule has 0 saturated heterocycles. The smallest absolute Gasteiger partial charge is 0.269 e. The van der Waals surface area contributed by atoms with Crippen LogP contribution >= 0.6 is 11.6 Å². The number of hydrogen-bond acceptors (Lipinski definition) is 5. The topological polar surface area (TPSA) is 78.7 Å². The van der Waals surface area contributed by atoms with Crippen LogP contribution in [-0.4, -0.2) is 10.7 Å². The quantitative estimate of drug-likeness (QED) is 0.297. The van der Waals surface area contributed by atoms with Crippen molar-refractivity contribution in [3.05, 3.63) is 104 Å². The average Bonchev–Trinajstić information content (AvgIpc) is 3.06. The van der Waals surface area contributed by atoms with Crippen LogP contribution < -0.4 is 9.47 Å². The normalized spacial score (nSPS) is 13.8. The van der Waals surface area contributed by atoms with Crippen molar-refractivity contribution in [1.29, 1.82) is 0 Å². The molecule has 0 spiro atoms. The van der Waals surface area contributed by atoms with E-state index in [1.165, 1.54) is 12.1 Å². The van der Waals surface area contributed by atoms with Gasteiger partial charge < -0.3 is 9.47 Å². The summed E-state index contributed by atoms with van der Waals surface area (Å²) in [4.78, 5) is 23.0. The number of Topliss-reactive ketones (excluding diaryl/α,β-unsaturated/α-hetero) is 1. The van der Waals surface area contributed by atoms with Crippen LogP contribution in [-0.2, 0) is 6.61 Å². The van der Waals surface area contributed by atoms with Crippen LogP contribution in [0.4, 0.5) is 5.69 Å². The predicted molar refractivity (Wildman–Crippen MR) is 113 cm³/mol. The zero-order valence-corrected chi connectivity index (χ0v) is 16.7. The number of nitro benzene ring substituents is 1. The van der Waals surface area contributed by atoms with Gasteiger partial charge in [0.05, 0.1) is 10.5 Å². The standard InChI is InChI=1S/C23H16ClNO5/c1-14-20(29-13-15-6-8-17(9-7-15)25(27)28)11-10-18-22(26)21(30-23(14)18)12-16-4-2-3-5-19(16)24/h2-12H,13H2,1H3/b21-12-. The van der Waals surface area contributed by atoms with E-state index in [0.29, 0.717) is 33.2 Å². The average molecular weight is 422 g/mol. The van der Waals surface area contributed by atoms with Crippen LogP contribution in [0, 0.1) is 17.0 Å². The number of ketones is 1. The predicted octanol–water partition coefficient (Wildman–Crippen LogP) is 5.75. The van der Waals surface area contributed by atoms with Gasteiger partial charge in [0.1, 0.15) is 18.1 Å². The molecular formula is C23H16ClNO5. The van der Waals surface area contributed by atoms with Crippen LogP contribution in [0.1, 0.15) is 27.0 Å². The van der Waals surface area contributed by atoms with E-state index >= 15 is 0 Å². The summed E-state index contributed by atoms with van der Waals surface area (Å²) in [6.45, 7) is 2.05. The number of nitrogens with zero attached hydrogens (tertiary/aromatic N) is 1. The van der Waals surface area contributed by atoms with Gasteiger partial charge in [-0.3, -0.25) is 14.9 Å². The highest BCUT2D eigenvalue weighted by atomic mass is 35.5. The van der Waals surface area contributed by atoms with Crippen molar-refractivity contribution in [3.8, 4) is 11.5 Å². The first-order valence-corrected chi connectivity index (χ1v) is 9.50. The summed E-state index contributed by atoms with van der Waals surface area (Å²) in [5.74, 6) is 1.02. The Labute approximate surface area is 177 Å². The van der Waals surface area contributed by atoms with Crippen LogP contribution in [0.15, 0.2) is 66.4 Å². The lowest BCUT2D eigenvalue weighted by atomic mass is 10.1. The Kier molecular flexibility index (Phi) is 5.25. The van der Waals surface area contributed by atoms with Crippen molar-refractivity contribution < 1.29 is 19.2 Å². The molecule has 3 aromatic carbocycles. The molecule has 3 aromatic rings. The second kappa shape index (κ2) is 8.00. The molecule has 0 radical (unpaired) electrons. The van der Waals surface area contributed by atoms with Gasteiger partial charge >= 0.3 is 0 Å². The Bertz CT molecular complexity index is 1180. The first-order valence-electron chi connectivity index (χ1n) is 9.12. The maximum absolute atomic E-state index is 12.7. The van der Waals surface area contributed by atoms with E-state index in [1.807, 2.05) is 19.1 Å². The molecule has 1 heterocycles. The third kappa shape index (κ3) is 3.77. The van der Waals surface area contributed by atoms with E-state index in [4.69, 9.17) is 21.1 Å². The molecule has 0 aliphatic carbocycles. The van der Waals surface area contributed by atoms with E-state index in [1.54, 1.807) is 42.5 Å². The van der Waals surface area contributed by atoms with E-state index < -0.39 is 4.92 Å². The fraction of sp³-hybridized carbons (Fsp3) is 0.0870. The van der Waals surface area contributed by atoms with Crippen molar-refractivity contribution in [1.82, 2.24) is 0 Å². The molecule has 1 aliphatic rings. The molecule has 0 bridgehead atoms. The van der Waals surface area contributed by atoms with Gasteiger partial charge in [-0.2, -0.15) is 0 Å². The molecule has 0 saturated carbocycles. The number of hydrogen-bond donors (Lipinski definition) is 0. The summed E-state index contributed by atoms with van der Waals surface area (Å²) >= 11 is 6.18. The monoisotopic (exact) mass is 421 g/mol. The van der Waals surface area contributed by atoms with Gasteiger partial charge in [-0.1, -0.05) is 29.8 Å². The Morgan fingerprint density at radius 1 is 1.10 bits per heavy atom. The third-order valence-corrected chi connectivity index (χ3v) is 5.11. The number of benzene rings is 3. The van der Waals surface area contributed by atoms with Gasteiger partial charge in [-0.05, 0) is 54.5 Å². The highest BCUT2D eigenvalue weighted by Gasteiger charge is 2.30. The second-order valence-electron chi connectivity index (χ2n) is 6.74. The lowest BCUT2D eigenvalue weighted by Gasteiger charge is -2.11. The molecule has 0 amide bonds. The minimum atomic E-state index is -0.447. The number of non-ortho nitro benzene ring substituents is 1. The maximum atomic E-state index is 12.7. The fourth-order valence-electron chi connectivity index (χ4n) is 3.13. The molecule has 4 rings (SSSR count). The number of ether oxygens (including phenoxy) is 2. The maximum Gasteiger partial charge on any atom is 0.269 e. The summed E-state index contributed by atoms with van der Waals surface area (Å²) in [6.07, 6.45) is 1.63. The van der Waals surface area contributed by atoms with Crippen molar-refractivity contribution in [3.63, 3.8) is 0 Å². The third-order valence-electron chi connectivity index (χ3n) is 4.77. The number of rotatable bonds is 5. The molecular weight excluding hydrogens is 406 g/mol. The first kappa shape index (κ1) is 19.7. The minimum Gasteiger partial charge on any atom is -0.488 e. The molecule has 6 nitrogen and oxygen atoms in total. The van der Waals surface area contributed by atoms with Gasteiger partial charge in [-0.15, -0.1) is 0 Å². The van der Waals surface area contributed by atoms with Crippen LogP contribution in [0.3, 0.4) is 0 Å². The van der Waals surface area contributed by atoms with Crippen molar-refractivity contribution >= 4 is 29.1 Å². The molecule has 0 fully saturated rings.